The molecule has 0 saturated heterocycles. The summed E-state index contributed by atoms with van der Waals surface area (Å²) in [6.45, 7) is 0. The van der Waals surface area contributed by atoms with Gasteiger partial charge >= 0.3 is 0 Å². The number of halogens is 1. The van der Waals surface area contributed by atoms with Gasteiger partial charge in [-0.3, -0.25) is 9.80 Å². The van der Waals surface area contributed by atoms with Crippen molar-refractivity contribution in [2.75, 3.05) is 14.1 Å². The van der Waals surface area contributed by atoms with Gasteiger partial charge in [-0.2, -0.15) is 0 Å². The van der Waals surface area contributed by atoms with Crippen LogP contribution in [0.5, 0.6) is 0 Å². The molecule has 1 N–H and O–H groups in total. The number of nitrogens with one attached hydrogen (secondary N) is 1. The Hall–Kier alpha value is 0.160. The average molecular weight is 214 g/mol. The molecule has 7 heavy (non-hydrogen) atoms. The molecule has 0 aromatic rings. The van der Waals surface area contributed by atoms with Crippen LogP contribution in [0.25, 0.3) is 0 Å². The van der Waals surface area contributed by atoms with Crippen LogP contribution in [0.1, 0.15) is 0 Å². The summed E-state index contributed by atoms with van der Waals surface area (Å²) in [5.41, 5.74) is 2.64. The van der Waals surface area contributed by atoms with Crippen LogP contribution in [0.2, 0.25) is 0 Å². The molecule has 1 amide bonds. The number of hydrazine groups is 1. The highest BCUT2D eigenvalue weighted by Gasteiger charge is 1.95. The van der Waals surface area contributed by atoms with Gasteiger partial charge in [-0.1, -0.05) is 0 Å². The largest absolute Gasteiger partial charge is 0.296 e. The molecule has 0 spiro atoms. The van der Waals surface area contributed by atoms with Gasteiger partial charge in [0.25, 0.3) is 3.91 Å². The molecule has 3 nitrogen and oxygen atoms in total. The first-order valence-corrected chi connectivity index (χ1v) is 2.87. The van der Waals surface area contributed by atoms with Crippen LogP contribution < -0.4 is 5.43 Å². The molecular formula is C3H7IN2O. The van der Waals surface area contributed by atoms with Gasteiger partial charge in [0, 0.05) is 36.7 Å². The topological polar surface area (TPSA) is 32.3 Å². The van der Waals surface area contributed by atoms with Gasteiger partial charge in [0.1, 0.15) is 0 Å². The molecule has 0 fully saturated rings. The lowest BCUT2D eigenvalue weighted by Crippen LogP contribution is -2.32. The van der Waals surface area contributed by atoms with E-state index < -0.39 is 0 Å². The fourth-order valence-corrected chi connectivity index (χ4v) is 0.329. The van der Waals surface area contributed by atoms with E-state index in [1.54, 1.807) is 36.7 Å². The van der Waals surface area contributed by atoms with Crippen molar-refractivity contribution in [2.45, 2.75) is 0 Å². The number of carbonyl (C=O) groups is 1. The van der Waals surface area contributed by atoms with E-state index in [-0.39, 0.29) is 3.91 Å². The van der Waals surface area contributed by atoms with Crippen LogP contribution >= 0.6 is 22.6 Å². The standard InChI is InChI=1S/C3H7IN2O/c1-5-6(2)3(4)7/h5H,1-2H3. The van der Waals surface area contributed by atoms with Crippen LogP contribution in [0, 0.1) is 0 Å². The summed E-state index contributed by atoms with van der Waals surface area (Å²) in [6, 6.07) is 0. The molecule has 0 aliphatic carbocycles. The lowest BCUT2D eigenvalue weighted by molar-refractivity contribution is 0.222. The Labute approximate surface area is 56.2 Å². The predicted molar refractivity (Wildman–Crippen MR) is 36.2 cm³/mol. The summed E-state index contributed by atoms with van der Waals surface area (Å²) >= 11 is 1.69. The number of amides is 1. The molecule has 0 atom stereocenters. The molecule has 0 bridgehead atoms. The molecule has 0 aliphatic rings. The molecule has 0 rings (SSSR count). The van der Waals surface area contributed by atoms with E-state index >= 15 is 0 Å². The van der Waals surface area contributed by atoms with Crippen molar-refractivity contribution in [2.24, 2.45) is 0 Å². The third-order valence-corrected chi connectivity index (χ3v) is 1.32. The monoisotopic (exact) mass is 214 g/mol. The van der Waals surface area contributed by atoms with E-state index in [1.807, 2.05) is 0 Å². The molecule has 0 aliphatic heterocycles. The summed E-state index contributed by atoms with van der Waals surface area (Å²) in [5, 5.41) is 1.39. The Kier molecular flexibility index (Phi) is 3.27. The Balaban J connectivity index is 3.34. The van der Waals surface area contributed by atoms with Crippen LogP contribution in [0.3, 0.4) is 0 Å². The first-order chi connectivity index (χ1) is 3.18. The van der Waals surface area contributed by atoms with E-state index in [4.69, 9.17) is 0 Å². The summed E-state index contributed by atoms with van der Waals surface area (Å²) < 4.78 is -0.0138. The van der Waals surface area contributed by atoms with Crippen LogP contribution in [0.15, 0.2) is 0 Å². The molecule has 0 heterocycles. The predicted octanol–water partition coefficient (Wildman–Crippen LogP) is 0.608. The summed E-state index contributed by atoms with van der Waals surface area (Å²) in [4.78, 5) is 10.2. The zero-order valence-corrected chi connectivity index (χ0v) is 6.39. The quantitative estimate of drug-likeness (QED) is 0.300. The minimum absolute atomic E-state index is 0.0138. The first-order valence-electron chi connectivity index (χ1n) is 1.79. The maximum absolute atomic E-state index is 10.2. The smallest absolute Gasteiger partial charge is 0.273 e. The summed E-state index contributed by atoms with van der Waals surface area (Å²) in [6.07, 6.45) is 0. The van der Waals surface area contributed by atoms with E-state index in [0.717, 1.165) is 0 Å². The zero-order chi connectivity index (χ0) is 5.86. The SMILES string of the molecule is CNN(C)C(=O)I. The van der Waals surface area contributed by atoms with Gasteiger partial charge in [-0.15, -0.1) is 0 Å². The number of hydrogen-bond donors (Lipinski definition) is 1. The van der Waals surface area contributed by atoms with Crippen LogP contribution in [-0.4, -0.2) is 23.0 Å². The first kappa shape index (κ1) is 7.16. The molecule has 0 saturated carbocycles. The second kappa shape index (κ2) is 3.20. The van der Waals surface area contributed by atoms with Gasteiger partial charge < -0.3 is 0 Å². The van der Waals surface area contributed by atoms with Crippen LogP contribution in [-0.2, 0) is 0 Å². The number of carbonyl (C=O) groups excluding carboxylic acids is 1. The average Bonchev–Trinajstić information content (AvgIpc) is 1.65. The van der Waals surface area contributed by atoms with Gasteiger partial charge in [-0.25, -0.2) is 5.43 Å². The van der Waals surface area contributed by atoms with Gasteiger partial charge in [-0.05, 0) is 0 Å². The van der Waals surface area contributed by atoms with E-state index in [9.17, 15) is 4.79 Å². The fraction of sp³-hybridized carbons (Fsp3) is 0.667. The van der Waals surface area contributed by atoms with E-state index in [1.165, 1.54) is 5.01 Å². The molecule has 0 radical (unpaired) electrons. The van der Waals surface area contributed by atoms with Gasteiger partial charge in [0.2, 0.25) is 0 Å². The molecule has 0 aromatic heterocycles. The Bertz CT molecular complexity index is 75.3. The van der Waals surface area contributed by atoms with Gasteiger partial charge in [0.15, 0.2) is 0 Å². The lowest BCUT2D eigenvalue weighted by Gasteiger charge is -2.08. The maximum Gasteiger partial charge on any atom is 0.296 e. The highest BCUT2D eigenvalue weighted by atomic mass is 127. The Morgan fingerprint density at radius 1 is 1.86 bits per heavy atom. The van der Waals surface area contributed by atoms with Gasteiger partial charge in [0.05, 0.1) is 0 Å². The van der Waals surface area contributed by atoms with Crippen molar-refractivity contribution < 1.29 is 4.79 Å². The highest BCUT2D eigenvalue weighted by Crippen LogP contribution is 1.89. The summed E-state index contributed by atoms with van der Waals surface area (Å²) in [7, 11) is 3.35. The molecule has 42 valence electrons. The molecule has 0 unspecified atom stereocenters. The van der Waals surface area contributed by atoms with Crippen LogP contribution in [0.4, 0.5) is 4.79 Å². The third kappa shape index (κ3) is 2.81. The van der Waals surface area contributed by atoms with E-state index in [2.05, 4.69) is 5.43 Å². The van der Waals surface area contributed by atoms with Crippen molar-refractivity contribution in [3.05, 3.63) is 0 Å². The molecule has 0 aromatic carbocycles. The van der Waals surface area contributed by atoms with Crippen molar-refractivity contribution in [1.82, 2.24) is 10.4 Å². The Morgan fingerprint density at radius 3 is 2.29 bits per heavy atom. The van der Waals surface area contributed by atoms with Crippen molar-refractivity contribution in [1.29, 1.82) is 0 Å². The normalized spacial score (nSPS) is 8.43. The minimum atomic E-state index is -0.0138. The lowest BCUT2D eigenvalue weighted by atomic mass is 11.1. The second-order valence-corrected chi connectivity index (χ2v) is 1.96. The fourth-order valence-electron chi connectivity index (χ4n) is 0.0879. The minimum Gasteiger partial charge on any atom is -0.273 e. The summed E-state index contributed by atoms with van der Waals surface area (Å²) in [5.74, 6) is 0. The second-order valence-electron chi connectivity index (χ2n) is 1.04. The number of rotatable bonds is 1. The van der Waals surface area contributed by atoms with Crippen molar-refractivity contribution in [3.63, 3.8) is 0 Å². The Morgan fingerprint density at radius 2 is 2.29 bits per heavy atom. The van der Waals surface area contributed by atoms with Crippen molar-refractivity contribution >= 4 is 26.5 Å². The molecular weight excluding hydrogens is 207 g/mol. The molecule has 4 heteroatoms. The zero-order valence-electron chi connectivity index (χ0n) is 4.23. The van der Waals surface area contributed by atoms with Crippen molar-refractivity contribution in [3.8, 4) is 0 Å². The third-order valence-electron chi connectivity index (χ3n) is 0.599. The highest BCUT2D eigenvalue weighted by molar-refractivity contribution is 14.1. The number of nitrogens with zero attached hydrogens (tertiary/aromatic N) is 1. The van der Waals surface area contributed by atoms with E-state index in [0.29, 0.717) is 0 Å². The number of hydrogen-bond acceptors (Lipinski definition) is 2. The maximum atomic E-state index is 10.2.